The van der Waals surface area contributed by atoms with Crippen molar-refractivity contribution in [2.24, 2.45) is 5.92 Å². The van der Waals surface area contributed by atoms with Gasteiger partial charge in [-0.2, -0.15) is 0 Å². The molecule has 0 aromatic heterocycles. The van der Waals surface area contributed by atoms with Crippen LogP contribution in [0.1, 0.15) is 39.5 Å². The van der Waals surface area contributed by atoms with Gasteiger partial charge < -0.3 is 30.1 Å². The van der Waals surface area contributed by atoms with E-state index >= 15 is 0 Å². The molecule has 2 unspecified atom stereocenters. The van der Waals surface area contributed by atoms with E-state index in [-0.39, 0.29) is 17.7 Å². The second-order valence-electron chi connectivity index (χ2n) is 7.75. The Morgan fingerprint density at radius 2 is 2.03 bits per heavy atom. The molecule has 10 nitrogen and oxygen atoms in total. The minimum atomic E-state index is -4.91. The summed E-state index contributed by atoms with van der Waals surface area (Å²) in [5.41, 5.74) is -0.653. The maximum atomic E-state index is 12.9. The third kappa shape index (κ3) is 6.20. The largest absolute Gasteiger partial charge is 0.477 e. The van der Waals surface area contributed by atoms with E-state index < -0.39 is 31.6 Å². The molecule has 6 atom stereocenters. The zero-order valence-corrected chi connectivity index (χ0v) is 19.4. The number of allylic oxidation sites excluding steroid dienone is 1. The molecule has 12 heteroatoms. The summed E-state index contributed by atoms with van der Waals surface area (Å²) in [6.45, 7) is 4.74. The fourth-order valence-electron chi connectivity index (χ4n) is 4.05. The van der Waals surface area contributed by atoms with Gasteiger partial charge in [0.25, 0.3) is 0 Å². The molecule has 2 aliphatic heterocycles. The lowest BCUT2D eigenvalue weighted by Gasteiger charge is -2.39. The Morgan fingerprint density at radius 1 is 1.37 bits per heavy atom. The third-order valence-corrected chi connectivity index (χ3v) is 6.84. The number of thioether (sulfide) groups is 1. The number of rotatable bonds is 8. The van der Waals surface area contributed by atoms with Crippen LogP contribution in [0.15, 0.2) is 11.5 Å². The lowest BCUT2D eigenvalue weighted by atomic mass is 9.99. The van der Waals surface area contributed by atoms with Crippen LogP contribution in [0.5, 0.6) is 0 Å². The molecule has 5 N–H and O–H groups in total. The van der Waals surface area contributed by atoms with E-state index in [2.05, 4.69) is 16.8 Å². The molecular weight excluding hydrogens is 435 g/mol. The van der Waals surface area contributed by atoms with Gasteiger partial charge >= 0.3 is 7.82 Å². The number of aliphatic hydroxyl groups is 2. The fourth-order valence-corrected chi connectivity index (χ4v) is 5.37. The molecule has 2 aliphatic rings. The van der Waals surface area contributed by atoms with Crippen molar-refractivity contribution >= 4 is 25.5 Å². The van der Waals surface area contributed by atoms with E-state index in [1.165, 1.54) is 0 Å². The van der Waals surface area contributed by atoms with Gasteiger partial charge in [-0.25, -0.2) is 4.57 Å². The molecular formula is C18H33N2O8PS. The fraction of sp³-hybridized carbons (Fsp3) is 0.833. The van der Waals surface area contributed by atoms with Crippen LogP contribution >= 0.6 is 19.6 Å². The van der Waals surface area contributed by atoms with Crippen molar-refractivity contribution in [3.63, 3.8) is 0 Å². The van der Waals surface area contributed by atoms with Gasteiger partial charge in [-0.3, -0.25) is 14.2 Å². The number of phosphoric ester groups is 1. The quantitative estimate of drug-likeness (QED) is 0.323. The monoisotopic (exact) mass is 468 g/mol. The summed E-state index contributed by atoms with van der Waals surface area (Å²) >= 11 is 1.07. The molecule has 0 aliphatic carbocycles. The summed E-state index contributed by atoms with van der Waals surface area (Å²) in [6, 6.07) is -0.295. The highest BCUT2D eigenvalue weighted by Gasteiger charge is 2.47. The van der Waals surface area contributed by atoms with Crippen molar-refractivity contribution < 1.29 is 38.6 Å². The molecule has 1 amide bonds. The summed E-state index contributed by atoms with van der Waals surface area (Å²) < 4.78 is 21.6. The normalized spacial score (nSPS) is 34.5. The maximum absolute atomic E-state index is 12.9. The first kappa shape index (κ1) is 25.6. The first-order chi connectivity index (χ1) is 14.0. The number of nitrogens with one attached hydrogen (secondary N) is 1. The highest BCUT2D eigenvalue weighted by molar-refractivity contribution is 7.99. The van der Waals surface area contributed by atoms with E-state index in [0.717, 1.165) is 37.6 Å². The predicted molar refractivity (Wildman–Crippen MR) is 112 cm³/mol. The van der Waals surface area contributed by atoms with Crippen molar-refractivity contribution in [2.45, 2.75) is 69.3 Å². The minimum absolute atomic E-state index is 0.0194. The zero-order valence-electron chi connectivity index (χ0n) is 17.7. The van der Waals surface area contributed by atoms with E-state index in [9.17, 15) is 19.6 Å². The molecule has 30 heavy (non-hydrogen) atoms. The summed E-state index contributed by atoms with van der Waals surface area (Å²) in [6.07, 6.45) is 0.126. The van der Waals surface area contributed by atoms with Crippen LogP contribution < -0.4 is 5.32 Å². The lowest BCUT2D eigenvalue weighted by molar-refractivity contribution is -0.129. The van der Waals surface area contributed by atoms with Gasteiger partial charge in [0.15, 0.2) is 5.44 Å². The van der Waals surface area contributed by atoms with Crippen molar-refractivity contribution in [1.82, 2.24) is 10.2 Å². The molecule has 0 saturated carbocycles. The second kappa shape index (κ2) is 10.8. The van der Waals surface area contributed by atoms with E-state index in [1.54, 1.807) is 13.2 Å². The first-order valence-electron chi connectivity index (χ1n) is 10.1. The van der Waals surface area contributed by atoms with Crippen molar-refractivity contribution in [2.75, 3.05) is 19.8 Å². The van der Waals surface area contributed by atoms with Gasteiger partial charge in [0.1, 0.15) is 24.1 Å². The summed E-state index contributed by atoms with van der Waals surface area (Å²) in [7, 11) is -3.01. The van der Waals surface area contributed by atoms with Crippen LogP contribution in [0, 0.1) is 5.92 Å². The van der Waals surface area contributed by atoms with Crippen molar-refractivity contribution in [3.05, 3.63) is 11.5 Å². The Morgan fingerprint density at radius 3 is 2.57 bits per heavy atom. The Balaban J connectivity index is 2.19. The summed E-state index contributed by atoms with van der Waals surface area (Å²) in [4.78, 5) is 33.1. The van der Waals surface area contributed by atoms with Crippen LogP contribution in [0.2, 0.25) is 0 Å². The van der Waals surface area contributed by atoms with Crippen molar-refractivity contribution in [1.29, 1.82) is 0 Å². The van der Waals surface area contributed by atoms with Gasteiger partial charge in [0.2, 0.25) is 5.91 Å². The van der Waals surface area contributed by atoms with Crippen LogP contribution in [0.3, 0.4) is 0 Å². The Bertz CT molecular complexity index is 685. The third-order valence-electron chi connectivity index (χ3n) is 5.49. The maximum Gasteiger partial charge on any atom is 0.470 e. The molecule has 0 spiro atoms. The smallest absolute Gasteiger partial charge is 0.470 e. The Kier molecular flexibility index (Phi) is 9.20. The summed E-state index contributed by atoms with van der Waals surface area (Å²) in [5, 5.41) is 23.8. The Hall–Kier alpha value is -0.650. The average molecular weight is 469 g/mol. The van der Waals surface area contributed by atoms with Crippen LogP contribution in [-0.4, -0.2) is 80.4 Å². The van der Waals surface area contributed by atoms with E-state index in [1.807, 2.05) is 11.9 Å². The lowest BCUT2D eigenvalue weighted by Crippen LogP contribution is -2.52. The number of likely N-dealkylation sites (N-methyl/N-ethyl adjacent to an activating group) is 1. The van der Waals surface area contributed by atoms with Gasteiger partial charge in [-0.1, -0.05) is 20.3 Å². The van der Waals surface area contributed by atoms with E-state index in [4.69, 9.17) is 14.5 Å². The van der Waals surface area contributed by atoms with E-state index in [0.29, 0.717) is 18.0 Å². The van der Waals surface area contributed by atoms with Gasteiger partial charge in [0, 0.05) is 6.54 Å². The standard InChI is InChI=1S/C18H33N2O8PS/c1-5-7-10-8-12(20(3)9-10)17(23)19-11(6-2)15-13(21)14(22)16(18(27-15)30-4)28-29(24,25)26/h10,12-14,16,18,21-22H,5-9H2,1-4H3,(H,19,23)(H2,24,25,26)/b15-11+/t10?,12?,13-,14+,16-,18-/m1/s1. The molecule has 0 aromatic rings. The number of carbonyl (C=O) groups is 1. The number of amides is 1. The number of hydrogen-bond acceptors (Lipinski definition) is 8. The topological polar surface area (TPSA) is 149 Å². The summed E-state index contributed by atoms with van der Waals surface area (Å²) in [5.74, 6) is 0.229. The van der Waals surface area contributed by atoms with Crippen LogP contribution in [0.25, 0.3) is 0 Å². The molecule has 174 valence electrons. The molecule has 0 radical (unpaired) electrons. The zero-order chi connectivity index (χ0) is 22.6. The van der Waals surface area contributed by atoms with Gasteiger partial charge in [-0.15, -0.1) is 11.8 Å². The highest BCUT2D eigenvalue weighted by atomic mass is 32.2. The van der Waals surface area contributed by atoms with Gasteiger partial charge in [-0.05, 0) is 38.5 Å². The van der Waals surface area contributed by atoms with Crippen molar-refractivity contribution in [3.8, 4) is 0 Å². The Labute approximate surface area is 181 Å². The number of aliphatic hydroxyl groups excluding tert-OH is 2. The number of carbonyl (C=O) groups excluding carboxylic acids is 1. The number of phosphoric acid groups is 1. The minimum Gasteiger partial charge on any atom is -0.477 e. The second-order valence-corrected chi connectivity index (χ2v) is 9.88. The van der Waals surface area contributed by atoms with Crippen LogP contribution in [0.4, 0.5) is 0 Å². The molecule has 2 rings (SSSR count). The molecule has 2 saturated heterocycles. The molecule has 2 heterocycles. The molecule has 0 aromatic carbocycles. The number of likely N-dealkylation sites (tertiary alicyclic amines) is 1. The molecule has 2 fully saturated rings. The molecule has 0 bridgehead atoms. The first-order valence-corrected chi connectivity index (χ1v) is 12.9. The number of nitrogens with zero attached hydrogens (tertiary/aromatic N) is 1. The SMILES string of the molecule is CCCC1CC(C(=O)N/C(CC)=C2/O[C@H](SC)[C@H](OP(=O)(O)O)[C@@H](O)[C@H]2O)N(C)C1. The van der Waals surface area contributed by atoms with Crippen LogP contribution in [-0.2, 0) is 18.6 Å². The van der Waals surface area contributed by atoms with Gasteiger partial charge in [0.05, 0.1) is 11.7 Å². The average Bonchev–Trinajstić information content (AvgIpc) is 3.04. The predicted octanol–water partition coefficient (Wildman–Crippen LogP) is 0.764. The number of hydrogen-bond donors (Lipinski definition) is 5. The highest BCUT2D eigenvalue weighted by Crippen LogP contribution is 2.44. The number of ether oxygens (including phenoxy) is 1.